The maximum atomic E-state index is 11.8. The summed E-state index contributed by atoms with van der Waals surface area (Å²) in [6.07, 6.45) is 3.82. The molecule has 0 saturated carbocycles. The maximum absolute atomic E-state index is 11.8. The number of nitrogens with zero attached hydrogens (tertiary/aromatic N) is 3. The number of rotatable bonds is 8. The summed E-state index contributed by atoms with van der Waals surface area (Å²) >= 11 is 1.33. The lowest BCUT2D eigenvalue weighted by molar-refractivity contribution is 0.252. The molecule has 3 rings (SSSR count). The van der Waals surface area contributed by atoms with Crippen molar-refractivity contribution in [3.63, 3.8) is 0 Å². The predicted molar refractivity (Wildman–Crippen MR) is 117 cm³/mol. The molecule has 0 unspecified atom stereocenters. The van der Waals surface area contributed by atoms with Crippen molar-refractivity contribution in [1.82, 2.24) is 20.3 Å². The number of urea groups is 1. The lowest BCUT2D eigenvalue weighted by Crippen LogP contribution is -2.33. The molecule has 156 valence electrons. The van der Waals surface area contributed by atoms with Gasteiger partial charge in [0.05, 0.1) is 17.9 Å². The minimum atomic E-state index is -1.74. The van der Waals surface area contributed by atoms with Crippen molar-refractivity contribution in [2.45, 2.75) is 20.3 Å². The summed E-state index contributed by atoms with van der Waals surface area (Å²) in [5, 5.41) is 27.1. The van der Waals surface area contributed by atoms with E-state index in [0.29, 0.717) is 35.3 Å². The van der Waals surface area contributed by atoms with Crippen LogP contribution in [0.1, 0.15) is 20.3 Å². The zero-order valence-corrected chi connectivity index (χ0v) is 17.4. The third-order valence-corrected chi connectivity index (χ3v) is 4.89. The van der Waals surface area contributed by atoms with Crippen LogP contribution in [-0.2, 0) is 0 Å². The van der Waals surface area contributed by atoms with Gasteiger partial charge < -0.3 is 20.1 Å². The Balaban J connectivity index is 1.97. The third kappa shape index (κ3) is 5.12. The molecule has 11 heteroatoms. The standard InChI is InChI=1S/C19H22BN5O4S/c1-3-8-29-17-12(6-5-7-22-17)15-11-30-18(24-15)13-9-16(25-19(26)21-4-2)23-10-14(13)20(27)28/h5-7,9-11,27-28H,3-4,8H2,1-2H3,(H2,21,23,25,26). The van der Waals surface area contributed by atoms with Crippen LogP contribution in [0.4, 0.5) is 10.6 Å². The quantitative estimate of drug-likeness (QED) is 0.404. The summed E-state index contributed by atoms with van der Waals surface area (Å²) in [4.78, 5) is 24.8. The lowest BCUT2D eigenvalue weighted by Gasteiger charge is -2.10. The van der Waals surface area contributed by atoms with Crippen LogP contribution in [0.2, 0.25) is 0 Å². The van der Waals surface area contributed by atoms with Gasteiger partial charge in [-0.25, -0.2) is 19.7 Å². The number of carbonyl (C=O) groups excluding carboxylic acids is 1. The van der Waals surface area contributed by atoms with Gasteiger partial charge in [0.1, 0.15) is 10.8 Å². The monoisotopic (exact) mass is 427 g/mol. The van der Waals surface area contributed by atoms with Gasteiger partial charge in [0.25, 0.3) is 0 Å². The number of hydrogen-bond acceptors (Lipinski definition) is 8. The lowest BCUT2D eigenvalue weighted by atomic mass is 9.78. The van der Waals surface area contributed by atoms with E-state index in [1.54, 1.807) is 25.3 Å². The molecular formula is C19H22BN5O4S. The van der Waals surface area contributed by atoms with Crippen LogP contribution in [0.3, 0.4) is 0 Å². The Labute approximate surface area is 178 Å². The molecule has 0 saturated heterocycles. The molecule has 0 atom stereocenters. The second-order valence-electron chi connectivity index (χ2n) is 6.26. The highest BCUT2D eigenvalue weighted by Gasteiger charge is 2.22. The summed E-state index contributed by atoms with van der Waals surface area (Å²) in [6.45, 7) is 4.83. The SMILES string of the molecule is CCCOc1ncccc1-c1csc(-c2cc(NC(=O)NCC)ncc2B(O)O)n1. The number of thiazole rings is 1. The van der Waals surface area contributed by atoms with Gasteiger partial charge in [-0.2, -0.15) is 0 Å². The van der Waals surface area contributed by atoms with Crippen LogP contribution in [-0.4, -0.2) is 51.3 Å². The molecule has 3 heterocycles. The van der Waals surface area contributed by atoms with Crippen molar-refractivity contribution < 1.29 is 19.6 Å². The van der Waals surface area contributed by atoms with Crippen molar-refractivity contribution in [2.75, 3.05) is 18.5 Å². The van der Waals surface area contributed by atoms with Gasteiger partial charge in [0.15, 0.2) is 0 Å². The first-order valence-corrected chi connectivity index (χ1v) is 10.4. The number of nitrogens with one attached hydrogen (secondary N) is 2. The molecule has 0 fully saturated rings. The van der Waals surface area contributed by atoms with E-state index in [2.05, 4.69) is 25.6 Å². The summed E-state index contributed by atoms with van der Waals surface area (Å²) in [5.41, 5.74) is 2.05. The Kier molecular flexibility index (Phi) is 7.33. The first kappa shape index (κ1) is 21.7. The molecule has 0 aliphatic rings. The number of ether oxygens (including phenoxy) is 1. The molecule has 0 aliphatic carbocycles. The molecule has 3 aromatic heterocycles. The van der Waals surface area contributed by atoms with Crippen molar-refractivity contribution in [2.24, 2.45) is 0 Å². The Hall–Kier alpha value is -3.02. The van der Waals surface area contributed by atoms with Gasteiger partial charge >= 0.3 is 13.1 Å². The molecule has 30 heavy (non-hydrogen) atoms. The molecule has 0 aromatic carbocycles. The maximum Gasteiger partial charge on any atom is 0.490 e. The van der Waals surface area contributed by atoms with E-state index in [1.165, 1.54) is 17.5 Å². The van der Waals surface area contributed by atoms with Gasteiger partial charge in [-0.05, 0) is 31.5 Å². The normalized spacial score (nSPS) is 10.5. The molecule has 0 spiro atoms. The van der Waals surface area contributed by atoms with Crippen LogP contribution < -0.4 is 20.8 Å². The van der Waals surface area contributed by atoms with Gasteiger partial charge in [0, 0.05) is 35.3 Å². The summed E-state index contributed by atoms with van der Waals surface area (Å²) in [6, 6.07) is 4.83. The molecule has 0 aliphatic heterocycles. The van der Waals surface area contributed by atoms with Crippen LogP contribution in [0.5, 0.6) is 5.88 Å². The van der Waals surface area contributed by atoms with Crippen molar-refractivity contribution >= 4 is 35.8 Å². The van der Waals surface area contributed by atoms with Crippen molar-refractivity contribution in [1.29, 1.82) is 0 Å². The number of anilines is 1. The highest BCUT2D eigenvalue weighted by molar-refractivity contribution is 7.13. The van der Waals surface area contributed by atoms with Crippen LogP contribution in [0.15, 0.2) is 36.0 Å². The highest BCUT2D eigenvalue weighted by Crippen LogP contribution is 2.32. The minimum absolute atomic E-state index is 0.186. The zero-order valence-electron chi connectivity index (χ0n) is 16.6. The van der Waals surface area contributed by atoms with Gasteiger partial charge in [0.2, 0.25) is 5.88 Å². The van der Waals surface area contributed by atoms with Crippen molar-refractivity contribution in [3.8, 4) is 27.7 Å². The average Bonchev–Trinajstić information content (AvgIpc) is 3.22. The Morgan fingerprint density at radius 1 is 1.27 bits per heavy atom. The molecule has 0 radical (unpaired) electrons. The fourth-order valence-electron chi connectivity index (χ4n) is 2.67. The minimum Gasteiger partial charge on any atom is -0.477 e. The number of hydrogen-bond donors (Lipinski definition) is 4. The Morgan fingerprint density at radius 2 is 2.10 bits per heavy atom. The van der Waals surface area contributed by atoms with E-state index in [9.17, 15) is 14.8 Å². The fraction of sp³-hybridized carbons (Fsp3) is 0.263. The highest BCUT2D eigenvalue weighted by atomic mass is 32.1. The smallest absolute Gasteiger partial charge is 0.477 e. The van der Waals surface area contributed by atoms with Crippen LogP contribution >= 0.6 is 11.3 Å². The topological polar surface area (TPSA) is 129 Å². The van der Waals surface area contributed by atoms with Crippen LogP contribution in [0.25, 0.3) is 21.8 Å². The predicted octanol–water partition coefficient (Wildman–Crippen LogP) is 1.88. The first-order valence-electron chi connectivity index (χ1n) is 9.48. The average molecular weight is 427 g/mol. The summed E-state index contributed by atoms with van der Waals surface area (Å²) in [5.74, 6) is 0.761. The second kappa shape index (κ2) is 10.1. The Bertz CT molecular complexity index is 1010. The third-order valence-electron chi connectivity index (χ3n) is 4.02. The molecule has 3 aromatic rings. The first-order chi connectivity index (χ1) is 14.5. The molecule has 4 N–H and O–H groups in total. The largest absolute Gasteiger partial charge is 0.490 e. The fourth-order valence-corrected chi connectivity index (χ4v) is 3.52. The summed E-state index contributed by atoms with van der Waals surface area (Å²) in [7, 11) is -1.74. The number of aromatic nitrogens is 3. The molecule has 9 nitrogen and oxygen atoms in total. The van der Waals surface area contributed by atoms with Gasteiger partial charge in [-0.3, -0.25) is 5.32 Å². The summed E-state index contributed by atoms with van der Waals surface area (Å²) < 4.78 is 5.71. The van der Waals surface area contributed by atoms with E-state index in [1.807, 2.05) is 18.4 Å². The van der Waals surface area contributed by atoms with Crippen LogP contribution in [0, 0.1) is 0 Å². The number of amides is 2. The molecule has 0 bridgehead atoms. The number of pyridine rings is 2. The van der Waals surface area contributed by atoms with E-state index in [-0.39, 0.29) is 11.3 Å². The van der Waals surface area contributed by atoms with E-state index >= 15 is 0 Å². The van der Waals surface area contributed by atoms with Crippen molar-refractivity contribution in [3.05, 3.63) is 36.0 Å². The van der Waals surface area contributed by atoms with E-state index < -0.39 is 13.1 Å². The number of carbonyl (C=O) groups is 1. The van der Waals surface area contributed by atoms with E-state index in [0.717, 1.165) is 12.0 Å². The van der Waals surface area contributed by atoms with Gasteiger partial charge in [-0.1, -0.05) is 6.92 Å². The molecular weight excluding hydrogens is 405 g/mol. The molecule has 2 amide bonds. The van der Waals surface area contributed by atoms with Gasteiger partial charge in [-0.15, -0.1) is 11.3 Å². The van der Waals surface area contributed by atoms with E-state index in [4.69, 9.17) is 4.74 Å². The zero-order chi connectivity index (χ0) is 21.5. The second-order valence-corrected chi connectivity index (χ2v) is 7.12. The Morgan fingerprint density at radius 3 is 2.83 bits per heavy atom.